The van der Waals surface area contributed by atoms with Crippen molar-refractivity contribution in [2.24, 2.45) is 0 Å². The van der Waals surface area contributed by atoms with Crippen molar-refractivity contribution in [3.63, 3.8) is 0 Å². The number of nitriles is 1. The highest BCUT2D eigenvalue weighted by molar-refractivity contribution is 7.89. The van der Waals surface area contributed by atoms with Crippen LogP contribution in [0.15, 0.2) is 59.5 Å². The number of nitrogens with zero attached hydrogens (tertiary/aromatic N) is 3. The molecule has 0 spiro atoms. The summed E-state index contributed by atoms with van der Waals surface area (Å²) in [5.74, 6) is -0.192. The Morgan fingerprint density at radius 3 is 2.45 bits per heavy atom. The van der Waals surface area contributed by atoms with Crippen LogP contribution in [-0.2, 0) is 14.8 Å². The summed E-state index contributed by atoms with van der Waals surface area (Å²) in [5.41, 5.74) is 0.115. The lowest BCUT2D eigenvalue weighted by Gasteiger charge is -2.33. The van der Waals surface area contributed by atoms with Gasteiger partial charge in [-0.05, 0) is 24.3 Å². The average molecular weight is 472 g/mol. The van der Waals surface area contributed by atoms with E-state index in [-0.39, 0.29) is 42.5 Å². The van der Waals surface area contributed by atoms with E-state index in [2.05, 4.69) is 0 Å². The predicted octanol–water partition coefficient (Wildman–Crippen LogP) is 3.97. The number of benzene rings is 2. The highest BCUT2D eigenvalue weighted by atomic mass is 35.5. The zero-order valence-electron chi connectivity index (χ0n) is 16.4. The third-order valence-corrected chi connectivity index (χ3v) is 8.72. The van der Waals surface area contributed by atoms with Gasteiger partial charge in [0.05, 0.1) is 15.5 Å². The molecule has 9 heteroatoms. The zero-order chi connectivity index (χ0) is 22.0. The van der Waals surface area contributed by atoms with Crippen molar-refractivity contribution in [1.29, 1.82) is 5.26 Å². The van der Waals surface area contributed by atoms with E-state index in [0.29, 0.717) is 5.02 Å². The molecule has 0 aliphatic carbocycles. The molecule has 0 N–H and O–H groups in total. The van der Waals surface area contributed by atoms with E-state index in [4.69, 9.17) is 11.6 Å². The number of piperazine rings is 1. The van der Waals surface area contributed by atoms with Crippen LogP contribution in [0.25, 0.3) is 16.2 Å². The molecule has 6 nitrogen and oxygen atoms in total. The van der Waals surface area contributed by atoms with Gasteiger partial charge in [0.1, 0.15) is 6.07 Å². The number of carbonyl (C=O) groups excluding carboxylic acids is 1. The van der Waals surface area contributed by atoms with Gasteiger partial charge < -0.3 is 4.90 Å². The number of halogens is 1. The first-order valence-electron chi connectivity index (χ1n) is 9.55. The minimum atomic E-state index is -3.79. The maximum atomic E-state index is 12.9. The van der Waals surface area contributed by atoms with Crippen molar-refractivity contribution in [2.45, 2.75) is 4.90 Å². The van der Waals surface area contributed by atoms with E-state index in [0.717, 1.165) is 15.0 Å². The molecule has 2 heterocycles. The number of rotatable bonds is 4. The first-order valence-corrected chi connectivity index (χ1v) is 12.2. The molecule has 0 unspecified atom stereocenters. The van der Waals surface area contributed by atoms with Crippen LogP contribution in [0.4, 0.5) is 0 Å². The maximum absolute atomic E-state index is 12.9. The summed E-state index contributed by atoms with van der Waals surface area (Å²) < 4.78 is 28.2. The molecule has 1 amide bonds. The van der Waals surface area contributed by atoms with Gasteiger partial charge in [0.2, 0.25) is 15.9 Å². The van der Waals surface area contributed by atoms with Crippen LogP contribution in [0.3, 0.4) is 0 Å². The predicted molar refractivity (Wildman–Crippen MR) is 122 cm³/mol. The molecule has 1 aliphatic heterocycles. The van der Waals surface area contributed by atoms with Crippen molar-refractivity contribution >= 4 is 55.0 Å². The van der Waals surface area contributed by atoms with Gasteiger partial charge in [-0.2, -0.15) is 9.57 Å². The fourth-order valence-electron chi connectivity index (χ4n) is 3.46. The van der Waals surface area contributed by atoms with Crippen LogP contribution in [0.2, 0.25) is 5.02 Å². The smallest absolute Gasteiger partial charge is 0.246 e. The van der Waals surface area contributed by atoms with E-state index in [9.17, 15) is 18.5 Å². The standard InChI is InChI=1S/C22H18ClN3O3S2/c23-22-17-6-2-3-7-18(17)30-19(22)9-10-21(27)25-11-13-26(14-12-25)31(28,29)20-8-4-1-5-16(20)15-24/h1-10H,11-14H2/b10-9+. The fraction of sp³-hybridized carbons (Fsp3) is 0.182. The maximum Gasteiger partial charge on any atom is 0.246 e. The summed E-state index contributed by atoms with van der Waals surface area (Å²) >= 11 is 7.93. The first-order chi connectivity index (χ1) is 14.9. The molecule has 31 heavy (non-hydrogen) atoms. The molecule has 4 rings (SSSR count). The van der Waals surface area contributed by atoms with E-state index < -0.39 is 10.0 Å². The minimum Gasteiger partial charge on any atom is -0.337 e. The third-order valence-electron chi connectivity index (χ3n) is 5.11. The lowest BCUT2D eigenvalue weighted by Crippen LogP contribution is -2.50. The molecule has 0 atom stereocenters. The van der Waals surface area contributed by atoms with Crippen LogP contribution in [0.5, 0.6) is 0 Å². The van der Waals surface area contributed by atoms with E-state index in [1.54, 1.807) is 23.1 Å². The van der Waals surface area contributed by atoms with Gasteiger partial charge in [-0.1, -0.05) is 41.9 Å². The Morgan fingerprint density at radius 2 is 1.74 bits per heavy atom. The van der Waals surface area contributed by atoms with Crippen LogP contribution < -0.4 is 0 Å². The molecule has 158 valence electrons. The van der Waals surface area contributed by atoms with Gasteiger partial charge in [0, 0.05) is 47.2 Å². The number of fused-ring (bicyclic) bond motifs is 1. The Balaban J connectivity index is 1.43. The molecule has 0 bridgehead atoms. The summed E-state index contributed by atoms with van der Waals surface area (Å²) in [7, 11) is -3.79. The summed E-state index contributed by atoms with van der Waals surface area (Å²) in [6.07, 6.45) is 3.19. The Kier molecular flexibility index (Phi) is 6.12. The van der Waals surface area contributed by atoms with Crippen LogP contribution in [-0.4, -0.2) is 49.7 Å². The summed E-state index contributed by atoms with van der Waals surface area (Å²) in [6, 6.07) is 15.8. The summed E-state index contributed by atoms with van der Waals surface area (Å²) in [4.78, 5) is 15.0. The second kappa shape index (κ2) is 8.81. The lowest BCUT2D eigenvalue weighted by atomic mass is 10.2. The molecule has 1 saturated heterocycles. The van der Waals surface area contributed by atoms with E-state index in [1.807, 2.05) is 30.3 Å². The van der Waals surface area contributed by atoms with Crippen molar-refractivity contribution < 1.29 is 13.2 Å². The van der Waals surface area contributed by atoms with Crippen molar-refractivity contribution in [1.82, 2.24) is 9.21 Å². The van der Waals surface area contributed by atoms with Gasteiger partial charge in [-0.15, -0.1) is 11.3 Å². The van der Waals surface area contributed by atoms with Gasteiger partial charge in [0.25, 0.3) is 0 Å². The SMILES string of the molecule is N#Cc1ccccc1S(=O)(=O)N1CCN(C(=O)/C=C/c2sc3ccccc3c2Cl)CC1. The quantitative estimate of drug-likeness (QED) is 0.539. The number of thiophene rings is 1. The molecule has 1 aliphatic rings. The first kappa shape index (κ1) is 21.5. The molecule has 3 aromatic rings. The lowest BCUT2D eigenvalue weighted by molar-refractivity contribution is -0.127. The number of amides is 1. The second-order valence-corrected chi connectivity index (χ2v) is 10.3. The van der Waals surface area contributed by atoms with E-state index >= 15 is 0 Å². The molecule has 1 fully saturated rings. The number of carbonyl (C=O) groups is 1. The number of hydrogen-bond acceptors (Lipinski definition) is 5. The highest BCUT2D eigenvalue weighted by Gasteiger charge is 2.31. The zero-order valence-corrected chi connectivity index (χ0v) is 18.8. The van der Waals surface area contributed by atoms with Crippen molar-refractivity contribution in [3.8, 4) is 6.07 Å². The van der Waals surface area contributed by atoms with Crippen LogP contribution in [0.1, 0.15) is 10.4 Å². The summed E-state index contributed by atoms with van der Waals surface area (Å²) in [6.45, 7) is 0.894. The third kappa shape index (κ3) is 4.23. The minimum absolute atomic E-state index is 0.00317. The second-order valence-electron chi connectivity index (χ2n) is 6.95. The number of hydrogen-bond donors (Lipinski definition) is 0. The van der Waals surface area contributed by atoms with Gasteiger partial charge >= 0.3 is 0 Å². The Labute approximate surface area is 189 Å². The van der Waals surface area contributed by atoms with Gasteiger partial charge in [-0.3, -0.25) is 4.79 Å². The van der Waals surface area contributed by atoms with Crippen molar-refractivity contribution in [3.05, 3.63) is 70.1 Å². The molecule has 1 aromatic heterocycles. The number of sulfonamides is 1. The molecule has 2 aromatic carbocycles. The fourth-order valence-corrected chi connectivity index (χ4v) is 6.43. The van der Waals surface area contributed by atoms with Gasteiger partial charge in [-0.25, -0.2) is 8.42 Å². The Morgan fingerprint density at radius 1 is 1.06 bits per heavy atom. The normalized spacial score (nSPS) is 15.4. The van der Waals surface area contributed by atoms with Crippen molar-refractivity contribution in [2.75, 3.05) is 26.2 Å². The Hall–Kier alpha value is -2.70. The Bertz CT molecular complexity index is 1320. The monoisotopic (exact) mass is 471 g/mol. The van der Waals surface area contributed by atoms with E-state index in [1.165, 1.54) is 33.9 Å². The molecule has 0 saturated carbocycles. The average Bonchev–Trinajstić information content (AvgIpc) is 3.13. The van der Waals surface area contributed by atoms with Crippen LogP contribution in [0, 0.1) is 11.3 Å². The van der Waals surface area contributed by atoms with Crippen LogP contribution >= 0.6 is 22.9 Å². The topological polar surface area (TPSA) is 81.5 Å². The molecule has 0 radical (unpaired) electrons. The highest BCUT2D eigenvalue weighted by Crippen LogP contribution is 2.36. The van der Waals surface area contributed by atoms with Gasteiger partial charge in [0.15, 0.2) is 0 Å². The largest absolute Gasteiger partial charge is 0.337 e. The molecular formula is C22H18ClN3O3S2. The molecular weight excluding hydrogens is 454 g/mol. The summed E-state index contributed by atoms with van der Waals surface area (Å²) in [5, 5.41) is 10.8.